The van der Waals surface area contributed by atoms with Crippen molar-refractivity contribution in [2.45, 2.75) is 13.0 Å². The summed E-state index contributed by atoms with van der Waals surface area (Å²) in [5.41, 5.74) is 1.31. The Morgan fingerprint density at radius 3 is 2.76 bits per heavy atom. The Labute approximate surface area is 146 Å². The molecule has 0 aromatic carbocycles. The summed E-state index contributed by atoms with van der Waals surface area (Å²) in [6.07, 6.45) is 3.48. The molecule has 138 valence electrons. The number of aliphatic carboxylic acids is 1. The van der Waals surface area contributed by atoms with E-state index in [1.54, 1.807) is 17.2 Å². The van der Waals surface area contributed by atoms with Gasteiger partial charge in [-0.25, -0.2) is 8.42 Å². The third-order valence-corrected chi connectivity index (χ3v) is 4.95. The van der Waals surface area contributed by atoms with Crippen molar-refractivity contribution in [3.8, 4) is 0 Å². The molecule has 0 radical (unpaired) electrons. The van der Waals surface area contributed by atoms with Crippen LogP contribution in [-0.4, -0.2) is 84.7 Å². The summed E-state index contributed by atoms with van der Waals surface area (Å²) in [6.45, 7) is 1.87. The zero-order valence-corrected chi connectivity index (χ0v) is 14.9. The molecule has 2 rings (SSSR count). The molecule has 1 fully saturated rings. The van der Waals surface area contributed by atoms with Crippen molar-refractivity contribution in [3.63, 3.8) is 0 Å². The first-order valence-electron chi connectivity index (χ1n) is 7.66. The summed E-state index contributed by atoms with van der Waals surface area (Å²) in [5.74, 6) is -1.46. The zero-order chi connectivity index (χ0) is 18.6. The summed E-state index contributed by atoms with van der Waals surface area (Å²) in [7, 11) is -3.70. The van der Waals surface area contributed by atoms with Gasteiger partial charge in [0.15, 0.2) is 0 Å². The van der Waals surface area contributed by atoms with E-state index in [0.717, 1.165) is 16.1 Å². The van der Waals surface area contributed by atoms with Gasteiger partial charge >= 0.3 is 5.97 Å². The lowest BCUT2D eigenvalue weighted by molar-refractivity contribution is -0.137. The van der Waals surface area contributed by atoms with Gasteiger partial charge in [-0.1, -0.05) is 0 Å². The van der Waals surface area contributed by atoms with Gasteiger partial charge in [0, 0.05) is 32.0 Å². The Kier molecular flexibility index (Phi) is 6.09. The number of hydrogen-bond acceptors (Lipinski definition) is 6. The maximum absolute atomic E-state index is 12.6. The lowest BCUT2D eigenvalue weighted by Crippen LogP contribution is -2.51. The highest BCUT2D eigenvalue weighted by molar-refractivity contribution is 7.88. The second-order valence-electron chi connectivity index (χ2n) is 5.94. The summed E-state index contributed by atoms with van der Waals surface area (Å²) < 4.78 is 29.8. The monoisotopic (exact) mass is 371 g/mol. The molecule has 0 aliphatic carbocycles. The van der Waals surface area contributed by atoms with Crippen LogP contribution in [0, 0.1) is 6.92 Å². The molecule has 1 aliphatic heterocycles. The van der Waals surface area contributed by atoms with Crippen molar-refractivity contribution in [1.29, 1.82) is 0 Å². The van der Waals surface area contributed by atoms with Crippen LogP contribution in [-0.2, 0) is 19.6 Å². The van der Waals surface area contributed by atoms with Crippen LogP contribution in [0.5, 0.6) is 0 Å². The number of aryl methyl sites for hydroxylation is 1. The SMILES string of the molecule is Cc1cncc(C(=O)N2CCOC(CN(CC(=O)O)S(C)(=O)=O)C2)c1. The van der Waals surface area contributed by atoms with Crippen LogP contribution in [0.2, 0.25) is 0 Å². The average Bonchev–Trinajstić information content (AvgIpc) is 2.52. The van der Waals surface area contributed by atoms with E-state index in [0.29, 0.717) is 12.1 Å². The lowest BCUT2D eigenvalue weighted by atomic mass is 10.1. The Morgan fingerprint density at radius 2 is 2.16 bits per heavy atom. The van der Waals surface area contributed by atoms with Crippen molar-refractivity contribution in [1.82, 2.24) is 14.2 Å². The highest BCUT2D eigenvalue weighted by Crippen LogP contribution is 2.13. The quantitative estimate of drug-likeness (QED) is 0.721. The van der Waals surface area contributed by atoms with E-state index in [1.165, 1.54) is 6.20 Å². The van der Waals surface area contributed by atoms with E-state index in [4.69, 9.17) is 9.84 Å². The predicted molar refractivity (Wildman–Crippen MR) is 88.7 cm³/mol. The number of carbonyl (C=O) groups is 2. The van der Waals surface area contributed by atoms with Crippen molar-refractivity contribution < 1.29 is 27.9 Å². The van der Waals surface area contributed by atoms with E-state index in [9.17, 15) is 18.0 Å². The lowest BCUT2D eigenvalue weighted by Gasteiger charge is -2.34. The molecule has 0 saturated carbocycles. The average molecular weight is 371 g/mol. The molecule has 10 heteroatoms. The molecule has 9 nitrogen and oxygen atoms in total. The minimum atomic E-state index is -3.70. The maximum atomic E-state index is 12.6. The molecule has 1 aliphatic rings. The second-order valence-corrected chi connectivity index (χ2v) is 7.93. The molecule has 1 N–H and O–H groups in total. The zero-order valence-electron chi connectivity index (χ0n) is 14.1. The predicted octanol–water partition coefficient (Wildman–Crippen LogP) is -0.423. The molecule has 1 unspecified atom stereocenters. The van der Waals surface area contributed by atoms with Gasteiger partial charge in [0.2, 0.25) is 10.0 Å². The molecule has 0 bridgehead atoms. The molecule has 25 heavy (non-hydrogen) atoms. The number of morpholine rings is 1. The number of carboxylic acid groups (broad SMARTS) is 1. The first-order valence-corrected chi connectivity index (χ1v) is 9.51. The fraction of sp³-hybridized carbons (Fsp3) is 0.533. The van der Waals surface area contributed by atoms with Crippen LogP contribution in [0.15, 0.2) is 18.5 Å². The molecule has 2 heterocycles. The summed E-state index contributed by atoms with van der Waals surface area (Å²) in [6, 6.07) is 1.73. The van der Waals surface area contributed by atoms with E-state index < -0.39 is 28.6 Å². The largest absolute Gasteiger partial charge is 0.480 e. The molecular weight excluding hydrogens is 350 g/mol. The fourth-order valence-corrected chi connectivity index (χ4v) is 3.35. The van der Waals surface area contributed by atoms with Crippen LogP contribution < -0.4 is 0 Å². The highest BCUT2D eigenvalue weighted by atomic mass is 32.2. The smallest absolute Gasteiger partial charge is 0.318 e. The Balaban J connectivity index is 2.07. The van der Waals surface area contributed by atoms with Crippen LogP contribution in [0.4, 0.5) is 0 Å². The minimum Gasteiger partial charge on any atom is -0.480 e. The van der Waals surface area contributed by atoms with Crippen molar-refractivity contribution in [2.24, 2.45) is 0 Å². The van der Waals surface area contributed by atoms with Crippen molar-refractivity contribution in [3.05, 3.63) is 29.6 Å². The van der Waals surface area contributed by atoms with Gasteiger partial charge < -0.3 is 14.7 Å². The van der Waals surface area contributed by atoms with Gasteiger partial charge in [-0.3, -0.25) is 14.6 Å². The van der Waals surface area contributed by atoms with E-state index in [1.807, 2.05) is 6.92 Å². The number of aromatic nitrogens is 1. The number of hydrogen-bond donors (Lipinski definition) is 1. The topological polar surface area (TPSA) is 117 Å². The Morgan fingerprint density at radius 1 is 1.44 bits per heavy atom. The summed E-state index contributed by atoms with van der Waals surface area (Å²) in [4.78, 5) is 29.0. The number of rotatable bonds is 6. The number of ether oxygens (including phenoxy) is 1. The summed E-state index contributed by atoms with van der Waals surface area (Å²) in [5, 5.41) is 8.87. The first kappa shape index (κ1) is 19.3. The van der Waals surface area contributed by atoms with Gasteiger partial charge in [0.1, 0.15) is 6.54 Å². The second kappa shape index (κ2) is 7.89. The van der Waals surface area contributed by atoms with Gasteiger partial charge in [-0.05, 0) is 18.6 Å². The number of sulfonamides is 1. The Hall–Kier alpha value is -2.04. The Bertz CT molecular complexity index is 751. The summed E-state index contributed by atoms with van der Waals surface area (Å²) >= 11 is 0. The normalized spacial score (nSPS) is 18.4. The van der Waals surface area contributed by atoms with Gasteiger partial charge in [-0.2, -0.15) is 4.31 Å². The first-order chi connectivity index (χ1) is 11.7. The van der Waals surface area contributed by atoms with E-state index in [2.05, 4.69) is 4.98 Å². The number of pyridine rings is 1. The number of nitrogens with zero attached hydrogens (tertiary/aromatic N) is 3. The third-order valence-electron chi connectivity index (χ3n) is 3.74. The van der Waals surface area contributed by atoms with Gasteiger partial charge in [-0.15, -0.1) is 0 Å². The van der Waals surface area contributed by atoms with E-state index >= 15 is 0 Å². The number of carboxylic acids is 1. The van der Waals surface area contributed by atoms with Crippen LogP contribution >= 0.6 is 0 Å². The molecule has 1 amide bonds. The molecule has 0 spiro atoms. The van der Waals surface area contributed by atoms with Crippen LogP contribution in [0.1, 0.15) is 15.9 Å². The number of carbonyl (C=O) groups excluding carboxylic acids is 1. The standard InChI is InChI=1S/C15H21N3O6S/c1-11-5-12(7-16-6-11)15(21)17-3-4-24-13(8-17)9-18(10-14(19)20)25(2,22)23/h5-7,13H,3-4,8-10H2,1-2H3,(H,19,20). The fourth-order valence-electron chi connectivity index (χ4n) is 2.56. The van der Waals surface area contributed by atoms with Crippen molar-refractivity contribution >= 4 is 21.9 Å². The van der Waals surface area contributed by atoms with E-state index in [-0.39, 0.29) is 25.6 Å². The maximum Gasteiger partial charge on any atom is 0.318 e. The van der Waals surface area contributed by atoms with Crippen LogP contribution in [0.25, 0.3) is 0 Å². The highest BCUT2D eigenvalue weighted by Gasteiger charge is 2.30. The molecule has 1 aromatic heterocycles. The van der Waals surface area contributed by atoms with Crippen LogP contribution in [0.3, 0.4) is 0 Å². The van der Waals surface area contributed by atoms with Gasteiger partial charge in [0.25, 0.3) is 5.91 Å². The van der Waals surface area contributed by atoms with Crippen molar-refractivity contribution in [2.75, 3.05) is 39.0 Å². The molecule has 1 saturated heterocycles. The molecular formula is C15H21N3O6S. The molecule has 1 aromatic rings. The third kappa shape index (κ3) is 5.48. The minimum absolute atomic E-state index is 0.124. The number of amides is 1. The van der Waals surface area contributed by atoms with Gasteiger partial charge in [0.05, 0.1) is 24.5 Å². The molecule has 1 atom stereocenters.